The minimum atomic E-state index is -0.908. The summed E-state index contributed by atoms with van der Waals surface area (Å²) in [5.74, 6) is 1.01. The van der Waals surface area contributed by atoms with Gasteiger partial charge in [-0.25, -0.2) is 14.4 Å². The van der Waals surface area contributed by atoms with Gasteiger partial charge in [-0.15, -0.1) is 0 Å². The van der Waals surface area contributed by atoms with E-state index in [1.165, 1.54) is 12.1 Å². The molecule has 0 amide bonds. The van der Waals surface area contributed by atoms with Gasteiger partial charge in [0.25, 0.3) is 0 Å². The Hall–Kier alpha value is -2.05. The Labute approximate surface area is 141 Å². The molecule has 1 aromatic carbocycles. The largest absolute Gasteiger partial charge is 0.491 e. The van der Waals surface area contributed by atoms with E-state index in [9.17, 15) is 9.50 Å². The van der Waals surface area contributed by atoms with Gasteiger partial charge >= 0.3 is 0 Å². The Balaban J connectivity index is 1.58. The Bertz CT molecular complexity index is 680. The second-order valence-electron chi connectivity index (χ2n) is 6.38. The van der Waals surface area contributed by atoms with E-state index in [2.05, 4.69) is 14.9 Å². The molecule has 2 heterocycles. The van der Waals surface area contributed by atoms with Crippen LogP contribution in [0.4, 0.5) is 4.39 Å². The molecule has 5 nitrogen and oxygen atoms in total. The van der Waals surface area contributed by atoms with Crippen molar-refractivity contribution in [3.05, 3.63) is 53.9 Å². The van der Waals surface area contributed by atoms with Crippen LogP contribution in [0.2, 0.25) is 0 Å². The van der Waals surface area contributed by atoms with Crippen molar-refractivity contribution in [3.8, 4) is 5.75 Å². The Morgan fingerprint density at radius 2 is 2.08 bits per heavy atom. The number of likely N-dealkylation sites (tertiary alicyclic amines) is 1. The molecule has 1 aliphatic rings. The first-order chi connectivity index (χ1) is 11.5. The van der Waals surface area contributed by atoms with E-state index >= 15 is 0 Å². The number of β-amino-alcohol motifs (C(OH)–C–C–N with tert-alkyl or cyclic N) is 1. The fourth-order valence-electron chi connectivity index (χ4n) is 3.03. The molecule has 1 unspecified atom stereocenters. The minimum Gasteiger partial charge on any atom is -0.491 e. The molecule has 1 aromatic heterocycles. The summed E-state index contributed by atoms with van der Waals surface area (Å²) in [5, 5.41) is 10.8. The van der Waals surface area contributed by atoms with Crippen molar-refractivity contribution in [3.63, 3.8) is 0 Å². The molecule has 2 aromatic rings. The summed E-state index contributed by atoms with van der Waals surface area (Å²) in [6.07, 6.45) is 3.34. The van der Waals surface area contributed by atoms with Gasteiger partial charge in [0.15, 0.2) is 0 Å². The fourth-order valence-corrected chi connectivity index (χ4v) is 3.03. The number of aromatic nitrogens is 2. The summed E-state index contributed by atoms with van der Waals surface area (Å²) in [6.45, 7) is 4.19. The van der Waals surface area contributed by atoms with Crippen molar-refractivity contribution in [2.45, 2.75) is 31.9 Å². The van der Waals surface area contributed by atoms with Crippen molar-refractivity contribution >= 4 is 0 Å². The number of aryl methyl sites for hydroxylation is 1. The highest BCUT2D eigenvalue weighted by Gasteiger charge is 2.34. The zero-order chi connectivity index (χ0) is 17.0. The Morgan fingerprint density at radius 3 is 2.83 bits per heavy atom. The second kappa shape index (κ2) is 7.23. The number of benzene rings is 1. The lowest BCUT2D eigenvalue weighted by molar-refractivity contribution is -0.0623. The molecule has 0 bridgehead atoms. The predicted molar refractivity (Wildman–Crippen MR) is 88.1 cm³/mol. The molecule has 1 fully saturated rings. The fraction of sp³-hybridized carbons (Fsp3) is 0.444. The monoisotopic (exact) mass is 331 g/mol. The number of rotatable bonds is 5. The van der Waals surface area contributed by atoms with Gasteiger partial charge in [-0.1, -0.05) is 0 Å². The van der Waals surface area contributed by atoms with Crippen LogP contribution < -0.4 is 4.74 Å². The normalized spacial score (nSPS) is 21.6. The van der Waals surface area contributed by atoms with Gasteiger partial charge in [-0.2, -0.15) is 0 Å². The number of aliphatic hydroxyl groups is 1. The van der Waals surface area contributed by atoms with Crippen LogP contribution in [-0.4, -0.2) is 45.3 Å². The highest BCUT2D eigenvalue weighted by molar-refractivity contribution is 5.22. The average Bonchev–Trinajstić information content (AvgIpc) is 2.54. The third-order valence-corrected chi connectivity index (χ3v) is 4.17. The Kier molecular flexibility index (Phi) is 5.06. The molecular weight excluding hydrogens is 309 g/mol. The van der Waals surface area contributed by atoms with Gasteiger partial charge in [0, 0.05) is 19.3 Å². The smallest absolute Gasteiger partial charge is 0.125 e. The van der Waals surface area contributed by atoms with Gasteiger partial charge in [-0.3, -0.25) is 4.90 Å². The molecule has 6 heteroatoms. The minimum absolute atomic E-state index is 0.192. The lowest BCUT2D eigenvalue weighted by atomic mass is 9.93. The topological polar surface area (TPSA) is 58.5 Å². The maximum atomic E-state index is 12.9. The van der Waals surface area contributed by atoms with Gasteiger partial charge in [0.2, 0.25) is 0 Å². The van der Waals surface area contributed by atoms with Gasteiger partial charge in [0.05, 0.1) is 5.69 Å². The number of hydrogen-bond acceptors (Lipinski definition) is 5. The molecule has 1 saturated heterocycles. The van der Waals surface area contributed by atoms with Crippen molar-refractivity contribution in [2.24, 2.45) is 0 Å². The summed E-state index contributed by atoms with van der Waals surface area (Å²) in [7, 11) is 0. The quantitative estimate of drug-likeness (QED) is 0.911. The first kappa shape index (κ1) is 16.8. The molecule has 1 N–H and O–H groups in total. The van der Waals surface area contributed by atoms with Crippen molar-refractivity contribution in [2.75, 3.05) is 19.7 Å². The average molecular weight is 331 g/mol. The second-order valence-corrected chi connectivity index (χ2v) is 6.38. The van der Waals surface area contributed by atoms with Crippen LogP contribution in [-0.2, 0) is 6.54 Å². The van der Waals surface area contributed by atoms with Crippen LogP contribution in [0.25, 0.3) is 0 Å². The molecule has 1 aliphatic heterocycles. The number of ether oxygens (including phenoxy) is 1. The van der Waals surface area contributed by atoms with E-state index in [0.29, 0.717) is 25.3 Å². The van der Waals surface area contributed by atoms with E-state index in [-0.39, 0.29) is 12.4 Å². The van der Waals surface area contributed by atoms with Gasteiger partial charge < -0.3 is 9.84 Å². The van der Waals surface area contributed by atoms with E-state index in [0.717, 1.165) is 24.5 Å². The maximum Gasteiger partial charge on any atom is 0.125 e. The van der Waals surface area contributed by atoms with Crippen LogP contribution in [0.3, 0.4) is 0 Å². The van der Waals surface area contributed by atoms with E-state index in [4.69, 9.17) is 4.74 Å². The summed E-state index contributed by atoms with van der Waals surface area (Å²) in [6, 6.07) is 7.75. The SMILES string of the molecule is Cc1nccc(CN2CCCC(O)(COc3ccc(F)cc3)C2)n1. The molecule has 128 valence electrons. The first-order valence-electron chi connectivity index (χ1n) is 8.14. The van der Waals surface area contributed by atoms with E-state index < -0.39 is 5.60 Å². The molecule has 0 radical (unpaired) electrons. The van der Waals surface area contributed by atoms with Crippen LogP contribution >= 0.6 is 0 Å². The zero-order valence-electron chi connectivity index (χ0n) is 13.8. The predicted octanol–water partition coefficient (Wildman–Crippen LogP) is 2.33. The Morgan fingerprint density at radius 1 is 1.29 bits per heavy atom. The molecule has 0 saturated carbocycles. The molecule has 3 rings (SSSR count). The van der Waals surface area contributed by atoms with Crippen molar-refractivity contribution in [1.82, 2.24) is 14.9 Å². The molecular formula is C18H22FN3O2. The van der Waals surface area contributed by atoms with Crippen molar-refractivity contribution < 1.29 is 14.2 Å². The summed E-state index contributed by atoms with van der Waals surface area (Å²) in [5.41, 5.74) is 0.0422. The molecule has 1 atom stereocenters. The summed E-state index contributed by atoms with van der Waals surface area (Å²) < 4.78 is 18.6. The van der Waals surface area contributed by atoms with Crippen LogP contribution in [0.15, 0.2) is 36.5 Å². The summed E-state index contributed by atoms with van der Waals surface area (Å²) in [4.78, 5) is 10.7. The molecule has 0 spiro atoms. The lowest BCUT2D eigenvalue weighted by Gasteiger charge is -2.38. The van der Waals surface area contributed by atoms with E-state index in [1.54, 1.807) is 18.3 Å². The van der Waals surface area contributed by atoms with Gasteiger partial charge in [0.1, 0.15) is 29.6 Å². The number of piperidine rings is 1. The first-order valence-corrected chi connectivity index (χ1v) is 8.14. The standard InChI is InChI=1S/C18H22FN3O2/c1-14-20-9-7-16(21-14)11-22-10-2-8-18(23,12-22)13-24-17-5-3-15(19)4-6-17/h3-7,9,23H,2,8,10-13H2,1H3. The third-order valence-electron chi connectivity index (χ3n) is 4.17. The number of halogens is 1. The maximum absolute atomic E-state index is 12.9. The van der Waals surface area contributed by atoms with Crippen LogP contribution in [0, 0.1) is 12.7 Å². The van der Waals surface area contributed by atoms with Gasteiger partial charge in [-0.05, 0) is 56.6 Å². The van der Waals surface area contributed by atoms with E-state index in [1.807, 2.05) is 13.0 Å². The number of nitrogens with zero attached hydrogens (tertiary/aromatic N) is 3. The lowest BCUT2D eigenvalue weighted by Crippen LogP contribution is -2.51. The van der Waals surface area contributed by atoms with Crippen LogP contribution in [0.1, 0.15) is 24.4 Å². The number of hydrogen-bond donors (Lipinski definition) is 1. The van der Waals surface area contributed by atoms with Crippen molar-refractivity contribution in [1.29, 1.82) is 0 Å². The third kappa shape index (κ3) is 4.49. The highest BCUT2D eigenvalue weighted by Crippen LogP contribution is 2.24. The van der Waals surface area contributed by atoms with Crippen LogP contribution in [0.5, 0.6) is 5.75 Å². The molecule has 24 heavy (non-hydrogen) atoms. The summed E-state index contributed by atoms with van der Waals surface area (Å²) >= 11 is 0. The zero-order valence-corrected chi connectivity index (χ0v) is 13.8. The highest BCUT2D eigenvalue weighted by atomic mass is 19.1. The molecule has 0 aliphatic carbocycles.